The monoisotopic (exact) mass is 336 g/mol. The second-order valence-electron chi connectivity index (χ2n) is 6.86. The first-order chi connectivity index (χ1) is 12.3. The molecule has 4 rings (SSSR count). The number of benzene rings is 1. The van der Waals surface area contributed by atoms with Crippen LogP contribution in [0.3, 0.4) is 0 Å². The lowest BCUT2D eigenvalue weighted by Crippen LogP contribution is -2.35. The summed E-state index contributed by atoms with van der Waals surface area (Å²) in [6, 6.07) is 8.15. The predicted molar refractivity (Wildman–Crippen MR) is 99.2 cm³/mol. The Bertz CT molecular complexity index is 736. The van der Waals surface area contributed by atoms with Gasteiger partial charge in [-0.2, -0.15) is 0 Å². The lowest BCUT2D eigenvalue weighted by atomic mass is 10.0. The van der Waals surface area contributed by atoms with Crippen LogP contribution < -0.4 is 9.80 Å². The molecule has 3 heterocycles. The molecule has 1 aromatic carbocycles. The zero-order chi connectivity index (χ0) is 17.1. The lowest BCUT2D eigenvalue weighted by molar-refractivity contribution is 0.0984. The van der Waals surface area contributed by atoms with Gasteiger partial charge in [-0.05, 0) is 37.3 Å². The van der Waals surface area contributed by atoms with E-state index in [2.05, 4.69) is 20.9 Å². The van der Waals surface area contributed by atoms with Crippen molar-refractivity contribution in [2.24, 2.45) is 0 Å². The van der Waals surface area contributed by atoms with Crippen molar-refractivity contribution in [3.63, 3.8) is 0 Å². The van der Waals surface area contributed by atoms with E-state index in [9.17, 15) is 4.79 Å². The number of amides is 1. The number of anilines is 2. The molecule has 0 N–H and O–H groups in total. The Morgan fingerprint density at radius 2 is 1.60 bits per heavy atom. The highest BCUT2D eigenvalue weighted by Crippen LogP contribution is 2.28. The zero-order valence-corrected chi connectivity index (χ0v) is 14.5. The molecule has 2 aromatic rings. The average molecular weight is 336 g/mol. The van der Waals surface area contributed by atoms with Crippen LogP contribution in [-0.2, 0) is 6.42 Å². The smallest absolute Gasteiger partial charge is 0.261 e. The molecule has 1 amide bonds. The standard InChI is InChI=1S/C20H24N4O/c25-19(24-13-7-9-16-8-3-4-10-18(16)24)17-14-21-20(22-15-17)23-11-5-1-2-6-12-23/h3-4,8,10,14-15H,1-2,5-7,9,11-13H2. The number of hydrogen-bond acceptors (Lipinski definition) is 4. The summed E-state index contributed by atoms with van der Waals surface area (Å²) in [5.41, 5.74) is 2.83. The Kier molecular flexibility index (Phi) is 4.63. The molecule has 2 aliphatic rings. The van der Waals surface area contributed by atoms with Crippen LogP contribution in [-0.4, -0.2) is 35.5 Å². The fourth-order valence-corrected chi connectivity index (χ4v) is 3.77. The molecule has 0 aliphatic carbocycles. The highest BCUT2D eigenvalue weighted by Gasteiger charge is 2.24. The van der Waals surface area contributed by atoms with Crippen molar-refractivity contribution in [3.8, 4) is 0 Å². The summed E-state index contributed by atoms with van der Waals surface area (Å²) in [6.07, 6.45) is 10.3. The van der Waals surface area contributed by atoms with Gasteiger partial charge in [0.05, 0.1) is 5.56 Å². The summed E-state index contributed by atoms with van der Waals surface area (Å²) < 4.78 is 0. The first-order valence-corrected chi connectivity index (χ1v) is 9.30. The number of fused-ring (bicyclic) bond motifs is 1. The second kappa shape index (κ2) is 7.21. The molecule has 0 spiro atoms. The first-order valence-electron chi connectivity index (χ1n) is 9.30. The van der Waals surface area contributed by atoms with E-state index in [1.54, 1.807) is 12.4 Å². The summed E-state index contributed by atoms with van der Waals surface area (Å²) in [5.74, 6) is 0.743. The highest BCUT2D eigenvalue weighted by molar-refractivity contribution is 6.06. The Labute approximate surface area is 148 Å². The fourth-order valence-electron chi connectivity index (χ4n) is 3.77. The van der Waals surface area contributed by atoms with Crippen molar-refractivity contribution >= 4 is 17.5 Å². The maximum absolute atomic E-state index is 12.9. The molecule has 5 heteroatoms. The predicted octanol–water partition coefficient (Wildman–Crippen LogP) is 3.45. The van der Waals surface area contributed by atoms with Gasteiger partial charge in [-0.15, -0.1) is 0 Å². The highest BCUT2D eigenvalue weighted by atomic mass is 16.2. The first kappa shape index (κ1) is 16.1. The average Bonchev–Trinajstić information content (AvgIpc) is 2.97. The molecule has 130 valence electrons. The summed E-state index contributed by atoms with van der Waals surface area (Å²) in [4.78, 5) is 26.0. The molecular weight excluding hydrogens is 312 g/mol. The van der Waals surface area contributed by atoms with Crippen LogP contribution in [0.25, 0.3) is 0 Å². The summed E-state index contributed by atoms with van der Waals surface area (Å²) in [7, 11) is 0. The normalized spacial score (nSPS) is 17.8. The summed E-state index contributed by atoms with van der Waals surface area (Å²) in [6.45, 7) is 2.77. The number of para-hydroxylation sites is 1. The molecular formula is C20H24N4O. The Hall–Kier alpha value is -2.43. The van der Waals surface area contributed by atoms with E-state index in [0.29, 0.717) is 5.56 Å². The van der Waals surface area contributed by atoms with E-state index in [0.717, 1.165) is 44.1 Å². The molecule has 5 nitrogen and oxygen atoms in total. The SMILES string of the molecule is O=C(c1cnc(N2CCCCCC2)nc1)N1CCCc2ccccc21. The number of aryl methyl sites for hydroxylation is 1. The molecule has 1 fully saturated rings. The molecule has 0 radical (unpaired) electrons. The van der Waals surface area contributed by atoms with Crippen molar-refractivity contribution in [1.82, 2.24) is 9.97 Å². The van der Waals surface area contributed by atoms with Gasteiger partial charge in [-0.3, -0.25) is 4.79 Å². The van der Waals surface area contributed by atoms with Gasteiger partial charge < -0.3 is 9.80 Å². The van der Waals surface area contributed by atoms with Gasteiger partial charge in [0, 0.05) is 37.7 Å². The summed E-state index contributed by atoms with van der Waals surface area (Å²) >= 11 is 0. The Morgan fingerprint density at radius 3 is 2.36 bits per heavy atom. The molecule has 1 saturated heterocycles. The number of carbonyl (C=O) groups excluding carboxylic acids is 1. The lowest BCUT2D eigenvalue weighted by Gasteiger charge is -2.29. The maximum Gasteiger partial charge on any atom is 0.261 e. The Morgan fingerprint density at radius 1 is 0.880 bits per heavy atom. The number of carbonyl (C=O) groups is 1. The van der Waals surface area contributed by atoms with Crippen molar-refractivity contribution < 1.29 is 4.79 Å². The molecule has 1 aromatic heterocycles. The number of nitrogens with zero attached hydrogens (tertiary/aromatic N) is 4. The third kappa shape index (κ3) is 3.36. The van der Waals surface area contributed by atoms with Crippen LogP contribution in [0.4, 0.5) is 11.6 Å². The van der Waals surface area contributed by atoms with Crippen LogP contribution >= 0.6 is 0 Å². The molecule has 0 bridgehead atoms. The second-order valence-corrected chi connectivity index (χ2v) is 6.86. The van der Waals surface area contributed by atoms with Gasteiger partial charge in [0.1, 0.15) is 0 Å². The van der Waals surface area contributed by atoms with Gasteiger partial charge in [-0.1, -0.05) is 31.0 Å². The molecule has 25 heavy (non-hydrogen) atoms. The molecule has 0 saturated carbocycles. The van der Waals surface area contributed by atoms with E-state index in [4.69, 9.17) is 0 Å². The van der Waals surface area contributed by atoms with E-state index >= 15 is 0 Å². The van der Waals surface area contributed by atoms with Gasteiger partial charge in [0.25, 0.3) is 5.91 Å². The fraction of sp³-hybridized carbons (Fsp3) is 0.450. The third-order valence-corrected chi connectivity index (χ3v) is 5.13. The third-order valence-electron chi connectivity index (χ3n) is 5.13. The Balaban J connectivity index is 1.53. The van der Waals surface area contributed by atoms with Crippen LogP contribution in [0.5, 0.6) is 0 Å². The minimum atomic E-state index is -0.00503. The van der Waals surface area contributed by atoms with Crippen molar-refractivity contribution in [3.05, 3.63) is 47.8 Å². The molecule has 0 unspecified atom stereocenters. The largest absolute Gasteiger partial charge is 0.341 e. The minimum absolute atomic E-state index is 0.00503. The van der Waals surface area contributed by atoms with Gasteiger partial charge in [0.15, 0.2) is 0 Å². The number of rotatable bonds is 2. The van der Waals surface area contributed by atoms with Gasteiger partial charge in [0.2, 0.25) is 5.95 Å². The van der Waals surface area contributed by atoms with E-state index in [-0.39, 0.29) is 5.91 Å². The van der Waals surface area contributed by atoms with Crippen LogP contribution in [0.15, 0.2) is 36.7 Å². The minimum Gasteiger partial charge on any atom is -0.341 e. The molecule has 0 atom stereocenters. The number of aromatic nitrogens is 2. The van der Waals surface area contributed by atoms with Crippen LogP contribution in [0, 0.1) is 0 Å². The van der Waals surface area contributed by atoms with Gasteiger partial charge >= 0.3 is 0 Å². The van der Waals surface area contributed by atoms with Gasteiger partial charge in [-0.25, -0.2) is 9.97 Å². The topological polar surface area (TPSA) is 49.3 Å². The van der Waals surface area contributed by atoms with E-state index in [1.807, 2.05) is 23.1 Å². The van der Waals surface area contributed by atoms with Crippen LogP contribution in [0.2, 0.25) is 0 Å². The molecule has 2 aliphatic heterocycles. The summed E-state index contributed by atoms with van der Waals surface area (Å²) in [5, 5.41) is 0. The zero-order valence-electron chi connectivity index (χ0n) is 14.5. The van der Waals surface area contributed by atoms with Crippen molar-refractivity contribution in [2.45, 2.75) is 38.5 Å². The quantitative estimate of drug-likeness (QED) is 0.843. The number of hydrogen-bond donors (Lipinski definition) is 0. The van der Waals surface area contributed by atoms with Crippen LogP contribution in [0.1, 0.15) is 48.0 Å². The maximum atomic E-state index is 12.9. The van der Waals surface area contributed by atoms with Crippen molar-refractivity contribution in [2.75, 3.05) is 29.4 Å². The van der Waals surface area contributed by atoms with E-state index < -0.39 is 0 Å². The van der Waals surface area contributed by atoms with E-state index in [1.165, 1.54) is 31.2 Å². The van der Waals surface area contributed by atoms with Crippen molar-refractivity contribution in [1.29, 1.82) is 0 Å².